The highest BCUT2D eigenvalue weighted by atomic mass is 19.1. The van der Waals surface area contributed by atoms with E-state index in [1.165, 1.54) is 6.42 Å². The molecule has 0 fully saturated rings. The zero-order valence-corrected chi connectivity index (χ0v) is 9.15. The molecule has 74 valence electrons. The first-order valence-corrected chi connectivity index (χ1v) is 5.03. The summed E-state index contributed by atoms with van der Waals surface area (Å²) in [5.41, 5.74) is -1.00. The van der Waals surface area contributed by atoms with E-state index in [-0.39, 0.29) is 5.92 Å². The Morgan fingerprint density at radius 2 is 1.58 bits per heavy atom. The number of hydrogen-bond donors (Lipinski definition) is 0. The van der Waals surface area contributed by atoms with Crippen molar-refractivity contribution in [1.82, 2.24) is 0 Å². The van der Waals surface area contributed by atoms with E-state index in [1.54, 1.807) is 13.8 Å². The van der Waals surface area contributed by atoms with Crippen LogP contribution < -0.4 is 0 Å². The minimum atomic E-state index is -1.00. The van der Waals surface area contributed by atoms with Gasteiger partial charge in [0.15, 0.2) is 0 Å². The van der Waals surface area contributed by atoms with Crippen LogP contribution in [0.15, 0.2) is 0 Å². The minimum absolute atomic E-state index is 0.191. The quantitative estimate of drug-likeness (QED) is 0.586. The van der Waals surface area contributed by atoms with E-state index in [0.717, 1.165) is 18.8 Å². The van der Waals surface area contributed by atoms with Crippen molar-refractivity contribution in [2.45, 2.75) is 59.5 Å². The maximum Gasteiger partial charge on any atom is 0.108 e. The lowest BCUT2D eigenvalue weighted by Gasteiger charge is -2.23. The van der Waals surface area contributed by atoms with Gasteiger partial charge in [0.2, 0.25) is 0 Å². The number of alkyl halides is 1. The van der Waals surface area contributed by atoms with E-state index in [2.05, 4.69) is 13.8 Å². The standard InChI is InChI=1S/C11H23F/c1-9(2)7-6-8-10(3)11(4,5)12/h9-10H,6-8H2,1-5H3. The normalized spacial score (nSPS) is 15.2. The molecule has 0 aromatic rings. The van der Waals surface area contributed by atoms with Gasteiger partial charge in [-0.05, 0) is 32.1 Å². The smallest absolute Gasteiger partial charge is 0.108 e. The summed E-state index contributed by atoms with van der Waals surface area (Å²) >= 11 is 0. The van der Waals surface area contributed by atoms with Crippen LogP contribution in [0.4, 0.5) is 4.39 Å². The summed E-state index contributed by atoms with van der Waals surface area (Å²) < 4.78 is 13.3. The predicted molar refractivity (Wildman–Crippen MR) is 53.0 cm³/mol. The maximum absolute atomic E-state index is 13.3. The van der Waals surface area contributed by atoms with Crippen molar-refractivity contribution in [3.05, 3.63) is 0 Å². The molecule has 0 aromatic carbocycles. The summed E-state index contributed by atoms with van der Waals surface area (Å²) in [7, 11) is 0. The second kappa shape index (κ2) is 4.84. The lowest BCUT2D eigenvalue weighted by molar-refractivity contribution is 0.126. The molecule has 0 bridgehead atoms. The van der Waals surface area contributed by atoms with Crippen molar-refractivity contribution < 1.29 is 4.39 Å². The average Bonchev–Trinajstić information content (AvgIpc) is 1.84. The maximum atomic E-state index is 13.3. The molecule has 0 saturated carbocycles. The van der Waals surface area contributed by atoms with Crippen molar-refractivity contribution in [3.8, 4) is 0 Å². The van der Waals surface area contributed by atoms with Crippen molar-refractivity contribution in [1.29, 1.82) is 0 Å². The highest BCUT2D eigenvalue weighted by Gasteiger charge is 2.23. The zero-order chi connectivity index (χ0) is 9.78. The van der Waals surface area contributed by atoms with E-state index in [1.807, 2.05) is 6.92 Å². The molecule has 0 aliphatic rings. The van der Waals surface area contributed by atoms with Gasteiger partial charge in [-0.2, -0.15) is 0 Å². The van der Waals surface area contributed by atoms with Gasteiger partial charge in [0.25, 0.3) is 0 Å². The van der Waals surface area contributed by atoms with Gasteiger partial charge in [0.1, 0.15) is 5.67 Å². The lowest BCUT2D eigenvalue weighted by atomic mass is 9.89. The molecule has 0 nitrogen and oxygen atoms in total. The minimum Gasteiger partial charge on any atom is -0.244 e. The summed E-state index contributed by atoms with van der Waals surface area (Å²) in [6.07, 6.45) is 3.40. The Morgan fingerprint density at radius 1 is 1.08 bits per heavy atom. The van der Waals surface area contributed by atoms with Crippen LogP contribution in [0, 0.1) is 11.8 Å². The van der Waals surface area contributed by atoms with Gasteiger partial charge in [-0.15, -0.1) is 0 Å². The van der Waals surface area contributed by atoms with Crippen molar-refractivity contribution in [3.63, 3.8) is 0 Å². The van der Waals surface area contributed by atoms with Crippen LogP contribution in [0.25, 0.3) is 0 Å². The van der Waals surface area contributed by atoms with E-state index < -0.39 is 5.67 Å². The summed E-state index contributed by atoms with van der Waals surface area (Å²) in [5, 5.41) is 0. The predicted octanol–water partition coefficient (Wildman–Crippen LogP) is 4.20. The Morgan fingerprint density at radius 3 is 1.92 bits per heavy atom. The van der Waals surface area contributed by atoms with Gasteiger partial charge < -0.3 is 0 Å². The Bertz CT molecular complexity index is 111. The first-order chi connectivity index (χ1) is 5.34. The molecule has 0 radical (unpaired) electrons. The molecule has 0 rings (SSSR count). The molecule has 0 amide bonds. The van der Waals surface area contributed by atoms with Gasteiger partial charge in [0.05, 0.1) is 0 Å². The summed E-state index contributed by atoms with van der Waals surface area (Å²) in [6, 6.07) is 0. The van der Waals surface area contributed by atoms with Gasteiger partial charge in [0, 0.05) is 0 Å². The molecule has 0 aliphatic heterocycles. The van der Waals surface area contributed by atoms with E-state index >= 15 is 0 Å². The van der Waals surface area contributed by atoms with Crippen LogP contribution in [0.2, 0.25) is 0 Å². The fourth-order valence-corrected chi connectivity index (χ4v) is 1.18. The largest absolute Gasteiger partial charge is 0.244 e. The third-order valence-electron chi connectivity index (χ3n) is 2.59. The molecule has 0 saturated heterocycles. The Hall–Kier alpha value is -0.0700. The highest BCUT2D eigenvalue weighted by molar-refractivity contribution is 4.73. The SMILES string of the molecule is CC(C)CCCC(C)C(C)(C)F. The number of hydrogen-bond acceptors (Lipinski definition) is 0. The fraction of sp³-hybridized carbons (Fsp3) is 1.00. The fourth-order valence-electron chi connectivity index (χ4n) is 1.18. The number of halogens is 1. The van der Waals surface area contributed by atoms with Crippen molar-refractivity contribution in [2.24, 2.45) is 11.8 Å². The Kier molecular flexibility index (Phi) is 4.81. The van der Waals surface area contributed by atoms with Gasteiger partial charge in [-0.3, -0.25) is 0 Å². The molecule has 0 N–H and O–H groups in total. The summed E-state index contributed by atoms with van der Waals surface area (Å²) in [5.74, 6) is 0.941. The average molecular weight is 174 g/mol. The molecular formula is C11H23F. The monoisotopic (exact) mass is 174 g/mol. The third kappa shape index (κ3) is 5.56. The van der Waals surface area contributed by atoms with Crippen LogP contribution in [0.5, 0.6) is 0 Å². The van der Waals surface area contributed by atoms with Gasteiger partial charge in [-0.25, -0.2) is 4.39 Å². The van der Waals surface area contributed by atoms with Crippen LogP contribution in [0.3, 0.4) is 0 Å². The summed E-state index contributed by atoms with van der Waals surface area (Å²) in [4.78, 5) is 0. The molecule has 1 heteroatoms. The van der Waals surface area contributed by atoms with Gasteiger partial charge >= 0.3 is 0 Å². The molecule has 1 unspecified atom stereocenters. The topological polar surface area (TPSA) is 0 Å². The van der Waals surface area contributed by atoms with E-state index in [4.69, 9.17) is 0 Å². The van der Waals surface area contributed by atoms with Crippen LogP contribution >= 0.6 is 0 Å². The molecule has 0 spiro atoms. The molecular weight excluding hydrogens is 151 g/mol. The Balaban J connectivity index is 3.51. The zero-order valence-electron chi connectivity index (χ0n) is 9.15. The number of rotatable bonds is 5. The van der Waals surface area contributed by atoms with Crippen molar-refractivity contribution >= 4 is 0 Å². The van der Waals surface area contributed by atoms with E-state index in [0.29, 0.717) is 0 Å². The van der Waals surface area contributed by atoms with Crippen LogP contribution in [-0.4, -0.2) is 5.67 Å². The molecule has 0 aliphatic carbocycles. The van der Waals surface area contributed by atoms with Gasteiger partial charge in [-0.1, -0.05) is 33.6 Å². The molecule has 1 atom stereocenters. The molecule has 0 aromatic heterocycles. The summed E-state index contributed by atoms with van der Waals surface area (Å²) in [6.45, 7) is 9.77. The van der Waals surface area contributed by atoms with Crippen molar-refractivity contribution in [2.75, 3.05) is 0 Å². The Labute approximate surface area is 76.6 Å². The second-order valence-electron chi connectivity index (χ2n) is 4.79. The van der Waals surface area contributed by atoms with Crippen LogP contribution in [-0.2, 0) is 0 Å². The molecule has 0 heterocycles. The van der Waals surface area contributed by atoms with Crippen LogP contribution in [0.1, 0.15) is 53.9 Å². The first-order valence-electron chi connectivity index (χ1n) is 5.03. The first kappa shape index (κ1) is 11.9. The highest BCUT2D eigenvalue weighted by Crippen LogP contribution is 2.26. The van der Waals surface area contributed by atoms with E-state index in [9.17, 15) is 4.39 Å². The second-order valence-corrected chi connectivity index (χ2v) is 4.79. The molecule has 12 heavy (non-hydrogen) atoms. The third-order valence-corrected chi connectivity index (χ3v) is 2.59. The lowest BCUT2D eigenvalue weighted by Crippen LogP contribution is -2.23.